The zero-order valence-corrected chi connectivity index (χ0v) is 16.2. The van der Waals surface area contributed by atoms with Crippen LogP contribution in [0.5, 0.6) is 5.75 Å². The molecule has 2 aromatic rings. The molecule has 8 heteroatoms. The van der Waals surface area contributed by atoms with E-state index in [-0.39, 0.29) is 25.6 Å². The van der Waals surface area contributed by atoms with Gasteiger partial charge >= 0.3 is 0 Å². The molecule has 1 N–H and O–H groups in total. The summed E-state index contributed by atoms with van der Waals surface area (Å²) in [6, 6.07) is 14.0. The summed E-state index contributed by atoms with van der Waals surface area (Å²) < 4.78 is 30.7. The number of aryl methyl sites for hydroxylation is 1. The number of hydrogen-bond donors (Lipinski definition) is 1. The van der Waals surface area contributed by atoms with Crippen molar-refractivity contribution in [3.05, 3.63) is 59.1 Å². The van der Waals surface area contributed by atoms with Crippen molar-refractivity contribution in [2.45, 2.75) is 6.92 Å². The zero-order valence-electron chi connectivity index (χ0n) is 14.6. The molecule has 0 fully saturated rings. The van der Waals surface area contributed by atoms with Crippen LogP contribution in [0.15, 0.2) is 48.5 Å². The lowest BCUT2D eigenvalue weighted by Gasteiger charge is -2.23. The molecule has 0 radical (unpaired) electrons. The van der Waals surface area contributed by atoms with E-state index < -0.39 is 10.0 Å². The predicted molar refractivity (Wildman–Crippen MR) is 103 cm³/mol. The van der Waals surface area contributed by atoms with E-state index in [0.717, 1.165) is 11.8 Å². The van der Waals surface area contributed by atoms with Crippen LogP contribution in [0.1, 0.15) is 5.56 Å². The molecule has 0 saturated heterocycles. The van der Waals surface area contributed by atoms with Crippen molar-refractivity contribution in [2.75, 3.05) is 30.3 Å². The highest BCUT2D eigenvalue weighted by Crippen LogP contribution is 2.24. The summed E-state index contributed by atoms with van der Waals surface area (Å²) >= 11 is 6.08. The third kappa shape index (κ3) is 5.93. The molecule has 0 aliphatic carbocycles. The number of nitrogens with zero attached hydrogens (tertiary/aromatic N) is 1. The molecule has 2 aromatic carbocycles. The van der Waals surface area contributed by atoms with Gasteiger partial charge in [0.05, 0.1) is 18.5 Å². The second-order valence-electron chi connectivity index (χ2n) is 5.72. The zero-order chi connectivity index (χ0) is 19.2. The molecular weight excluding hydrogens is 376 g/mol. The minimum Gasteiger partial charge on any atom is -0.484 e. The first-order valence-corrected chi connectivity index (χ1v) is 10.2. The fourth-order valence-corrected chi connectivity index (χ4v) is 3.33. The molecule has 140 valence electrons. The van der Waals surface area contributed by atoms with E-state index in [0.29, 0.717) is 16.5 Å². The number of nitrogens with one attached hydrogen (secondary N) is 1. The fourth-order valence-electron chi connectivity index (χ4n) is 2.24. The lowest BCUT2D eigenvalue weighted by atomic mass is 10.2. The summed E-state index contributed by atoms with van der Waals surface area (Å²) in [5.41, 5.74) is 1.31. The van der Waals surface area contributed by atoms with Crippen molar-refractivity contribution in [1.82, 2.24) is 5.32 Å². The van der Waals surface area contributed by atoms with Gasteiger partial charge in [-0.1, -0.05) is 35.9 Å². The van der Waals surface area contributed by atoms with Gasteiger partial charge in [0.2, 0.25) is 10.0 Å². The molecule has 6 nitrogen and oxygen atoms in total. The molecule has 0 heterocycles. The van der Waals surface area contributed by atoms with Gasteiger partial charge in [0.15, 0.2) is 6.61 Å². The van der Waals surface area contributed by atoms with Gasteiger partial charge in [0.25, 0.3) is 5.91 Å². The van der Waals surface area contributed by atoms with Crippen LogP contribution in [0.4, 0.5) is 5.69 Å². The first-order chi connectivity index (χ1) is 12.3. The van der Waals surface area contributed by atoms with Gasteiger partial charge in [-0.25, -0.2) is 8.42 Å². The van der Waals surface area contributed by atoms with E-state index in [9.17, 15) is 13.2 Å². The molecule has 0 aromatic heterocycles. The molecule has 0 unspecified atom stereocenters. The van der Waals surface area contributed by atoms with Crippen LogP contribution in [0.3, 0.4) is 0 Å². The molecule has 1 amide bonds. The maximum absolute atomic E-state index is 12.1. The molecule has 0 spiro atoms. The van der Waals surface area contributed by atoms with E-state index in [4.69, 9.17) is 16.3 Å². The van der Waals surface area contributed by atoms with Crippen LogP contribution in [0.25, 0.3) is 0 Å². The van der Waals surface area contributed by atoms with Crippen LogP contribution in [-0.4, -0.2) is 40.3 Å². The summed E-state index contributed by atoms with van der Waals surface area (Å²) in [6.45, 7) is 1.94. The SMILES string of the molecule is Cc1ccc(N(CCNC(=O)COc2ccccc2)S(C)(=O)=O)cc1Cl. The monoisotopic (exact) mass is 396 g/mol. The molecule has 0 aliphatic heterocycles. The van der Waals surface area contributed by atoms with E-state index in [1.54, 1.807) is 30.3 Å². The van der Waals surface area contributed by atoms with Crippen molar-refractivity contribution in [1.29, 1.82) is 0 Å². The number of amides is 1. The first-order valence-electron chi connectivity index (χ1n) is 7.96. The lowest BCUT2D eigenvalue weighted by molar-refractivity contribution is -0.123. The predicted octanol–water partition coefficient (Wildman–Crippen LogP) is 2.61. The number of benzene rings is 2. The first kappa shape index (κ1) is 20.1. The highest BCUT2D eigenvalue weighted by atomic mass is 35.5. The summed E-state index contributed by atoms with van der Waals surface area (Å²) in [5.74, 6) is 0.263. The summed E-state index contributed by atoms with van der Waals surface area (Å²) in [4.78, 5) is 11.9. The Balaban J connectivity index is 1.91. The molecule has 26 heavy (non-hydrogen) atoms. The Kier molecular flexibility index (Phi) is 6.88. The highest BCUT2D eigenvalue weighted by molar-refractivity contribution is 7.92. The van der Waals surface area contributed by atoms with E-state index >= 15 is 0 Å². The average molecular weight is 397 g/mol. The Hall–Kier alpha value is -2.25. The van der Waals surface area contributed by atoms with Crippen LogP contribution in [0.2, 0.25) is 5.02 Å². The van der Waals surface area contributed by atoms with Crippen LogP contribution < -0.4 is 14.4 Å². The van der Waals surface area contributed by atoms with Gasteiger partial charge < -0.3 is 10.1 Å². The maximum atomic E-state index is 12.1. The van der Waals surface area contributed by atoms with Crippen molar-refractivity contribution in [2.24, 2.45) is 0 Å². The van der Waals surface area contributed by atoms with Gasteiger partial charge in [-0.3, -0.25) is 9.10 Å². The average Bonchev–Trinajstić information content (AvgIpc) is 2.59. The molecule has 0 bridgehead atoms. The number of hydrogen-bond acceptors (Lipinski definition) is 4. The molecule has 0 atom stereocenters. The van der Waals surface area contributed by atoms with E-state index in [1.165, 1.54) is 4.31 Å². The van der Waals surface area contributed by atoms with Crippen molar-refractivity contribution in [3.63, 3.8) is 0 Å². The number of carbonyl (C=O) groups excluding carboxylic acids is 1. The van der Waals surface area contributed by atoms with E-state index in [1.807, 2.05) is 25.1 Å². The molecule has 2 rings (SSSR count). The van der Waals surface area contributed by atoms with E-state index in [2.05, 4.69) is 5.32 Å². The molecule has 0 saturated carbocycles. The van der Waals surface area contributed by atoms with Gasteiger partial charge in [-0.15, -0.1) is 0 Å². The maximum Gasteiger partial charge on any atom is 0.258 e. The minimum absolute atomic E-state index is 0.0926. The number of ether oxygens (including phenoxy) is 1. The number of rotatable bonds is 8. The Morgan fingerprint density at radius 2 is 1.88 bits per heavy atom. The Labute approximate surface area is 158 Å². The number of sulfonamides is 1. The minimum atomic E-state index is -3.51. The number of halogens is 1. The third-order valence-electron chi connectivity index (χ3n) is 3.59. The van der Waals surface area contributed by atoms with Gasteiger partial charge in [-0.2, -0.15) is 0 Å². The summed E-state index contributed by atoms with van der Waals surface area (Å²) in [5, 5.41) is 3.13. The third-order valence-corrected chi connectivity index (χ3v) is 5.20. The fraction of sp³-hybridized carbons (Fsp3) is 0.278. The second kappa shape index (κ2) is 8.91. The summed E-state index contributed by atoms with van der Waals surface area (Å²) in [6.07, 6.45) is 1.11. The summed E-state index contributed by atoms with van der Waals surface area (Å²) in [7, 11) is -3.51. The number of para-hydroxylation sites is 1. The van der Waals surface area contributed by atoms with Crippen LogP contribution >= 0.6 is 11.6 Å². The Bertz CT molecular complexity index is 857. The molecule has 0 aliphatic rings. The topological polar surface area (TPSA) is 75.7 Å². The lowest BCUT2D eigenvalue weighted by Crippen LogP contribution is -2.39. The number of carbonyl (C=O) groups is 1. The van der Waals surface area contributed by atoms with Gasteiger partial charge in [-0.05, 0) is 36.8 Å². The van der Waals surface area contributed by atoms with Crippen molar-refractivity contribution >= 4 is 33.2 Å². The second-order valence-corrected chi connectivity index (χ2v) is 8.03. The number of anilines is 1. The standard InChI is InChI=1S/C18H21ClN2O4S/c1-14-8-9-15(12-17(14)19)21(26(2,23)24)11-10-20-18(22)13-25-16-6-4-3-5-7-16/h3-9,12H,10-11,13H2,1-2H3,(H,20,22). The van der Waals surface area contributed by atoms with Crippen molar-refractivity contribution < 1.29 is 17.9 Å². The smallest absolute Gasteiger partial charge is 0.258 e. The van der Waals surface area contributed by atoms with Crippen LogP contribution in [-0.2, 0) is 14.8 Å². The Morgan fingerprint density at radius 3 is 2.50 bits per heavy atom. The largest absolute Gasteiger partial charge is 0.484 e. The molecular formula is C18H21ClN2O4S. The Morgan fingerprint density at radius 1 is 1.19 bits per heavy atom. The van der Waals surface area contributed by atoms with Crippen molar-refractivity contribution in [3.8, 4) is 5.75 Å². The normalized spacial score (nSPS) is 11.0. The van der Waals surface area contributed by atoms with Crippen LogP contribution in [0, 0.1) is 6.92 Å². The van der Waals surface area contributed by atoms with Gasteiger partial charge in [0.1, 0.15) is 5.75 Å². The quantitative estimate of drug-likeness (QED) is 0.744. The highest BCUT2D eigenvalue weighted by Gasteiger charge is 2.18. The van der Waals surface area contributed by atoms with Gasteiger partial charge in [0, 0.05) is 11.6 Å².